The molecule has 100 valence electrons. The van der Waals surface area contributed by atoms with Gasteiger partial charge < -0.3 is 15.2 Å². The minimum Gasteiger partial charge on any atom is -0.497 e. The van der Waals surface area contributed by atoms with E-state index in [0.29, 0.717) is 6.61 Å². The van der Waals surface area contributed by atoms with Crippen molar-refractivity contribution in [3.05, 3.63) is 53.9 Å². The quantitative estimate of drug-likeness (QED) is 0.895. The first kappa shape index (κ1) is 13.4. The molecule has 0 aliphatic carbocycles. The van der Waals surface area contributed by atoms with Crippen LogP contribution in [0.2, 0.25) is 0 Å². The molecule has 0 bridgehead atoms. The van der Waals surface area contributed by atoms with Crippen LogP contribution in [0.4, 0.5) is 0 Å². The number of methoxy groups -OCH3 is 1. The predicted molar refractivity (Wildman–Crippen MR) is 74.2 cm³/mol. The highest BCUT2D eigenvalue weighted by Gasteiger charge is 2.02. The molecular formula is C15H18N2O2. The normalized spacial score (nSPS) is 11.9. The van der Waals surface area contributed by atoms with Crippen LogP contribution in [0.15, 0.2) is 42.6 Å². The Kier molecular flexibility index (Phi) is 4.36. The van der Waals surface area contributed by atoms with Crippen molar-refractivity contribution < 1.29 is 9.47 Å². The Morgan fingerprint density at radius 1 is 1.21 bits per heavy atom. The maximum atomic E-state index is 5.74. The Hall–Kier alpha value is -2.07. The fourth-order valence-electron chi connectivity index (χ4n) is 1.68. The summed E-state index contributed by atoms with van der Waals surface area (Å²) in [5, 5.41) is 0. The Morgan fingerprint density at radius 2 is 2.05 bits per heavy atom. The van der Waals surface area contributed by atoms with Crippen LogP contribution >= 0.6 is 0 Å². The van der Waals surface area contributed by atoms with E-state index in [0.717, 1.165) is 22.8 Å². The maximum Gasteiger partial charge on any atom is 0.138 e. The molecular weight excluding hydrogens is 240 g/mol. The van der Waals surface area contributed by atoms with Gasteiger partial charge in [0.05, 0.1) is 19.0 Å². The third kappa shape index (κ3) is 3.69. The molecule has 0 amide bonds. The summed E-state index contributed by atoms with van der Waals surface area (Å²) in [5.41, 5.74) is 7.65. The molecule has 2 rings (SSSR count). The Labute approximate surface area is 113 Å². The molecule has 0 saturated carbocycles. The van der Waals surface area contributed by atoms with E-state index >= 15 is 0 Å². The molecule has 0 saturated heterocycles. The minimum atomic E-state index is -0.0626. The molecule has 0 spiro atoms. The summed E-state index contributed by atoms with van der Waals surface area (Å²) in [7, 11) is 1.65. The summed E-state index contributed by atoms with van der Waals surface area (Å²) in [6.07, 6.45) is 1.69. The molecule has 2 N–H and O–H groups in total. The van der Waals surface area contributed by atoms with Crippen molar-refractivity contribution in [2.45, 2.75) is 19.6 Å². The van der Waals surface area contributed by atoms with Gasteiger partial charge in [-0.2, -0.15) is 0 Å². The van der Waals surface area contributed by atoms with E-state index in [1.165, 1.54) is 0 Å². The number of nitrogens with zero attached hydrogens (tertiary/aromatic N) is 1. The standard InChI is InChI=1S/C15H18N2O2/c1-11(16)15-7-6-14(9-17-15)19-10-12-4-3-5-13(8-12)18-2/h3-9,11H,10,16H2,1-2H3. The lowest BCUT2D eigenvalue weighted by molar-refractivity contribution is 0.303. The zero-order chi connectivity index (χ0) is 13.7. The Bertz CT molecular complexity index is 524. The Balaban J connectivity index is 1.98. The summed E-state index contributed by atoms with van der Waals surface area (Å²) in [6.45, 7) is 2.38. The van der Waals surface area contributed by atoms with Crippen LogP contribution in [-0.2, 0) is 6.61 Å². The number of hydrogen-bond donors (Lipinski definition) is 1. The number of hydrogen-bond acceptors (Lipinski definition) is 4. The number of aromatic nitrogens is 1. The van der Waals surface area contributed by atoms with Crippen molar-refractivity contribution in [2.75, 3.05) is 7.11 Å². The van der Waals surface area contributed by atoms with Gasteiger partial charge in [-0.25, -0.2) is 0 Å². The topological polar surface area (TPSA) is 57.4 Å². The Morgan fingerprint density at radius 3 is 2.68 bits per heavy atom. The molecule has 1 atom stereocenters. The van der Waals surface area contributed by atoms with Crippen molar-refractivity contribution in [3.8, 4) is 11.5 Å². The van der Waals surface area contributed by atoms with Gasteiger partial charge in [-0.05, 0) is 36.8 Å². The lowest BCUT2D eigenvalue weighted by Gasteiger charge is -2.09. The van der Waals surface area contributed by atoms with Gasteiger partial charge >= 0.3 is 0 Å². The highest BCUT2D eigenvalue weighted by Crippen LogP contribution is 2.17. The van der Waals surface area contributed by atoms with Gasteiger partial charge in [-0.1, -0.05) is 12.1 Å². The first-order valence-electron chi connectivity index (χ1n) is 6.16. The maximum absolute atomic E-state index is 5.74. The van der Waals surface area contributed by atoms with Crippen molar-refractivity contribution in [2.24, 2.45) is 5.73 Å². The third-order valence-electron chi connectivity index (χ3n) is 2.77. The number of rotatable bonds is 5. The number of ether oxygens (including phenoxy) is 2. The molecule has 2 aromatic rings. The van der Waals surface area contributed by atoms with E-state index in [9.17, 15) is 0 Å². The molecule has 4 nitrogen and oxygen atoms in total. The van der Waals surface area contributed by atoms with Gasteiger partial charge in [-0.3, -0.25) is 4.98 Å². The van der Waals surface area contributed by atoms with E-state index in [1.807, 2.05) is 43.3 Å². The first-order chi connectivity index (χ1) is 9.19. The van der Waals surface area contributed by atoms with E-state index in [2.05, 4.69) is 4.98 Å². The summed E-state index contributed by atoms with van der Waals surface area (Å²) in [6, 6.07) is 11.5. The lowest BCUT2D eigenvalue weighted by atomic mass is 10.2. The molecule has 0 aliphatic heterocycles. The van der Waals surface area contributed by atoms with Crippen LogP contribution in [0.25, 0.3) is 0 Å². The zero-order valence-corrected chi connectivity index (χ0v) is 11.2. The molecule has 0 radical (unpaired) electrons. The molecule has 1 aromatic heterocycles. The predicted octanol–water partition coefficient (Wildman–Crippen LogP) is 2.69. The highest BCUT2D eigenvalue weighted by atomic mass is 16.5. The van der Waals surface area contributed by atoms with Gasteiger partial charge in [0.1, 0.15) is 18.1 Å². The average molecular weight is 258 g/mol. The molecule has 4 heteroatoms. The van der Waals surface area contributed by atoms with Gasteiger partial charge in [0.25, 0.3) is 0 Å². The molecule has 19 heavy (non-hydrogen) atoms. The lowest BCUT2D eigenvalue weighted by Crippen LogP contribution is -2.07. The van der Waals surface area contributed by atoms with E-state index in [-0.39, 0.29) is 6.04 Å². The third-order valence-corrected chi connectivity index (χ3v) is 2.77. The fourth-order valence-corrected chi connectivity index (χ4v) is 1.68. The molecule has 0 fully saturated rings. The first-order valence-corrected chi connectivity index (χ1v) is 6.16. The monoisotopic (exact) mass is 258 g/mol. The molecule has 1 aromatic carbocycles. The van der Waals surface area contributed by atoms with Gasteiger partial charge in [0.15, 0.2) is 0 Å². The zero-order valence-electron chi connectivity index (χ0n) is 11.2. The molecule has 1 heterocycles. The summed E-state index contributed by atoms with van der Waals surface area (Å²) < 4.78 is 10.8. The highest BCUT2D eigenvalue weighted by molar-refractivity contribution is 5.28. The van der Waals surface area contributed by atoms with Crippen LogP contribution in [0.1, 0.15) is 24.2 Å². The van der Waals surface area contributed by atoms with E-state index in [1.54, 1.807) is 13.3 Å². The van der Waals surface area contributed by atoms with Crippen molar-refractivity contribution >= 4 is 0 Å². The van der Waals surface area contributed by atoms with Crippen LogP contribution in [0.5, 0.6) is 11.5 Å². The molecule has 0 aliphatic rings. The number of benzene rings is 1. The van der Waals surface area contributed by atoms with Gasteiger partial charge in [0, 0.05) is 6.04 Å². The van der Waals surface area contributed by atoms with Crippen LogP contribution in [-0.4, -0.2) is 12.1 Å². The summed E-state index contributed by atoms with van der Waals surface area (Å²) >= 11 is 0. The second-order valence-corrected chi connectivity index (χ2v) is 4.35. The fraction of sp³-hybridized carbons (Fsp3) is 0.267. The van der Waals surface area contributed by atoms with Crippen LogP contribution in [0.3, 0.4) is 0 Å². The van der Waals surface area contributed by atoms with E-state index < -0.39 is 0 Å². The number of nitrogens with two attached hydrogens (primary N) is 1. The van der Waals surface area contributed by atoms with Crippen LogP contribution < -0.4 is 15.2 Å². The largest absolute Gasteiger partial charge is 0.497 e. The van der Waals surface area contributed by atoms with Gasteiger partial charge in [-0.15, -0.1) is 0 Å². The average Bonchev–Trinajstić information content (AvgIpc) is 2.46. The van der Waals surface area contributed by atoms with Crippen molar-refractivity contribution in [3.63, 3.8) is 0 Å². The van der Waals surface area contributed by atoms with Crippen molar-refractivity contribution in [1.29, 1.82) is 0 Å². The van der Waals surface area contributed by atoms with E-state index in [4.69, 9.17) is 15.2 Å². The van der Waals surface area contributed by atoms with Crippen molar-refractivity contribution in [1.82, 2.24) is 4.98 Å². The smallest absolute Gasteiger partial charge is 0.138 e. The number of pyridine rings is 1. The minimum absolute atomic E-state index is 0.0626. The second-order valence-electron chi connectivity index (χ2n) is 4.35. The molecule has 1 unspecified atom stereocenters. The van der Waals surface area contributed by atoms with Gasteiger partial charge in [0.2, 0.25) is 0 Å². The summed E-state index contributed by atoms with van der Waals surface area (Å²) in [4.78, 5) is 4.25. The van der Waals surface area contributed by atoms with Crippen LogP contribution in [0, 0.1) is 0 Å². The summed E-state index contributed by atoms with van der Waals surface area (Å²) in [5.74, 6) is 1.55. The second kappa shape index (κ2) is 6.20. The SMILES string of the molecule is COc1cccc(COc2ccc(C(C)N)nc2)c1.